The van der Waals surface area contributed by atoms with Gasteiger partial charge in [0.15, 0.2) is 0 Å². The van der Waals surface area contributed by atoms with Crippen molar-refractivity contribution in [2.24, 2.45) is 0 Å². The van der Waals surface area contributed by atoms with Crippen molar-refractivity contribution in [3.05, 3.63) is 69.6 Å². The summed E-state index contributed by atoms with van der Waals surface area (Å²) in [5, 5.41) is 10.1. The highest BCUT2D eigenvalue weighted by Crippen LogP contribution is 2.38. The number of hydrogen-bond donors (Lipinski definition) is 1. The van der Waals surface area contributed by atoms with E-state index in [1.165, 1.54) is 10.7 Å². The Morgan fingerprint density at radius 2 is 2.00 bits per heavy atom. The van der Waals surface area contributed by atoms with Crippen molar-refractivity contribution in [3.63, 3.8) is 0 Å². The molecule has 4 rings (SSSR count). The van der Waals surface area contributed by atoms with Crippen molar-refractivity contribution in [3.8, 4) is 10.6 Å². The number of carbonyl (C=O) groups is 1. The topological polar surface area (TPSA) is 76.9 Å². The summed E-state index contributed by atoms with van der Waals surface area (Å²) in [6.07, 6.45) is 2.87. The van der Waals surface area contributed by atoms with E-state index in [1.807, 2.05) is 35.7 Å². The third-order valence-electron chi connectivity index (χ3n) is 4.45. The Labute approximate surface area is 160 Å². The van der Waals surface area contributed by atoms with Crippen LogP contribution >= 0.6 is 11.3 Å². The van der Waals surface area contributed by atoms with E-state index < -0.39 is 0 Å². The number of benzene rings is 1. The minimum Gasteiger partial charge on any atom is -0.354 e. The van der Waals surface area contributed by atoms with E-state index in [2.05, 4.69) is 15.4 Å². The minimum atomic E-state index is -0.249. The molecule has 138 valence electrons. The summed E-state index contributed by atoms with van der Waals surface area (Å²) in [5.74, 6) is 0.236. The summed E-state index contributed by atoms with van der Waals surface area (Å²) in [7, 11) is 0. The van der Waals surface area contributed by atoms with Gasteiger partial charge in [-0.05, 0) is 18.9 Å². The Balaban J connectivity index is 1.29. The van der Waals surface area contributed by atoms with E-state index in [4.69, 9.17) is 0 Å². The Kier molecular flexibility index (Phi) is 5.11. The maximum atomic E-state index is 12.1. The minimum absolute atomic E-state index is 0.0499. The molecule has 2 aromatic heterocycles. The summed E-state index contributed by atoms with van der Waals surface area (Å²) in [6.45, 7) is 0.430. The molecule has 0 bridgehead atoms. The number of carbonyl (C=O) groups excluding carboxylic acids is 1. The van der Waals surface area contributed by atoms with Crippen LogP contribution in [-0.2, 0) is 17.8 Å². The monoisotopic (exact) mass is 380 g/mol. The van der Waals surface area contributed by atoms with Gasteiger partial charge in [0.1, 0.15) is 11.6 Å². The molecule has 2 heterocycles. The lowest BCUT2D eigenvalue weighted by Gasteiger charge is -2.07. The van der Waals surface area contributed by atoms with E-state index in [-0.39, 0.29) is 18.0 Å². The molecule has 0 atom stereocenters. The van der Waals surface area contributed by atoms with Crippen molar-refractivity contribution in [2.45, 2.75) is 31.7 Å². The van der Waals surface area contributed by atoms with Crippen molar-refractivity contribution >= 4 is 17.2 Å². The van der Waals surface area contributed by atoms with Crippen LogP contribution in [0.25, 0.3) is 10.6 Å². The molecule has 0 radical (unpaired) electrons. The molecule has 1 fully saturated rings. The van der Waals surface area contributed by atoms with Gasteiger partial charge in [-0.15, -0.1) is 11.3 Å². The van der Waals surface area contributed by atoms with Gasteiger partial charge in [-0.1, -0.05) is 30.3 Å². The summed E-state index contributed by atoms with van der Waals surface area (Å²) in [5.41, 5.74) is 2.70. The van der Waals surface area contributed by atoms with E-state index in [9.17, 15) is 9.59 Å². The molecular formula is C20H20N4O2S. The largest absolute Gasteiger partial charge is 0.354 e. The Hall–Kier alpha value is -2.80. The summed E-state index contributed by atoms with van der Waals surface area (Å²) >= 11 is 1.60. The van der Waals surface area contributed by atoms with Crippen molar-refractivity contribution in [1.29, 1.82) is 0 Å². The zero-order chi connectivity index (χ0) is 18.6. The molecule has 7 heteroatoms. The number of nitrogens with zero attached hydrogens (tertiary/aromatic N) is 3. The lowest BCUT2D eigenvalue weighted by atomic mass is 10.2. The number of aromatic nitrogens is 3. The number of rotatable bonds is 7. The second-order valence-electron chi connectivity index (χ2n) is 6.64. The third kappa shape index (κ3) is 4.49. The molecule has 1 amide bonds. The van der Waals surface area contributed by atoms with E-state index in [1.54, 1.807) is 17.4 Å². The van der Waals surface area contributed by atoms with Gasteiger partial charge in [-0.2, -0.15) is 5.10 Å². The number of hydrogen-bond acceptors (Lipinski definition) is 5. The van der Waals surface area contributed by atoms with Crippen molar-refractivity contribution in [2.75, 3.05) is 6.54 Å². The number of amides is 1. The van der Waals surface area contributed by atoms with Crippen molar-refractivity contribution in [1.82, 2.24) is 20.1 Å². The first-order valence-electron chi connectivity index (χ1n) is 9.03. The SMILES string of the molecule is O=C(Cn1nc(C2CC2)ccc1=O)NCCc1csc(-c2ccccc2)n1. The number of nitrogens with one attached hydrogen (secondary N) is 1. The van der Waals surface area contributed by atoms with Gasteiger partial charge < -0.3 is 5.32 Å². The normalized spacial score (nSPS) is 13.5. The molecule has 0 aliphatic heterocycles. The van der Waals surface area contributed by atoms with Gasteiger partial charge in [0, 0.05) is 35.9 Å². The third-order valence-corrected chi connectivity index (χ3v) is 5.39. The molecule has 6 nitrogen and oxygen atoms in total. The molecule has 1 aromatic carbocycles. The molecule has 27 heavy (non-hydrogen) atoms. The second kappa shape index (κ2) is 7.84. The predicted octanol–water partition coefficient (Wildman–Crippen LogP) is 2.60. The first-order chi connectivity index (χ1) is 13.2. The molecule has 1 aliphatic rings. The lowest BCUT2D eigenvalue weighted by Crippen LogP contribution is -2.34. The standard InChI is InChI=1S/C20H20N4O2S/c25-18(12-24-19(26)9-8-17(23-24)14-6-7-14)21-11-10-16-13-27-20(22-16)15-4-2-1-3-5-15/h1-5,8-9,13-14H,6-7,10-12H2,(H,21,25). The van der Waals surface area contributed by atoms with Crippen LogP contribution < -0.4 is 10.9 Å². The molecular weight excluding hydrogens is 360 g/mol. The molecule has 0 spiro atoms. The molecule has 1 aliphatic carbocycles. The Morgan fingerprint density at radius 3 is 2.78 bits per heavy atom. The molecule has 0 unspecified atom stereocenters. The summed E-state index contributed by atoms with van der Waals surface area (Å²) < 4.78 is 1.25. The van der Waals surface area contributed by atoms with Crippen LogP contribution in [0, 0.1) is 0 Å². The molecule has 0 saturated heterocycles. The van der Waals surface area contributed by atoms with Gasteiger partial charge in [0.25, 0.3) is 5.56 Å². The number of thiazole rings is 1. The summed E-state index contributed by atoms with van der Waals surface area (Å²) in [6, 6.07) is 13.3. The first kappa shape index (κ1) is 17.6. The van der Waals surface area contributed by atoms with E-state index >= 15 is 0 Å². The van der Waals surface area contributed by atoms with E-state index in [0.717, 1.165) is 34.8 Å². The molecule has 1 saturated carbocycles. The fourth-order valence-electron chi connectivity index (χ4n) is 2.83. The average molecular weight is 380 g/mol. The Morgan fingerprint density at radius 1 is 1.19 bits per heavy atom. The van der Waals surface area contributed by atoms with Crippen LogP contribution in [0.2, 0.25) is 0 Å². The zero-order valence-corrected chi connectivity index (χ0v) is 15.6. The van der Waals surface area contributed by atoms with Crippen LogP contribution in [0.3, 0.4) is 0 Å². The molecule has 3 aromatic rings. The van der Waals surface area contributed by atoms with Crippen LogP contribution in [0.5, 0.6) is 0 Å². The Bertz CT molecular complexity index is 992. The van der Waals surface area contributed by atoms with Crippen LogP contribution in [-0.4, -0.2) is 27.2 Å². The van der Waals surface area contributed by atoms with Gasteiger partial charge >= 0.3 is 0 Å². The zero-order valence-electron chi connectivity index (χ0n) is 14.8. The highest BCUT2D eigenvalue weighted by atomic mass is 32.1. The smallest absolute Gasteiger partial charge is 0.267 e. The average Bonchev–Trinajstić information content (AvgIpc) is 3.43. The lowest BCUT2D eigenvalue weighted by molar-refractivity contribution is -0.121. The van der Waals surface area contributed by atoms with Gasteiger partial charge in [0.2, 0.25) is 5.91 Å². The highest BCUT2D eigenvalue weighted by Gasteiger charge is 2.25. The highest BCUT2D eigenvalue weighted by molar-refractivity contribution is 7.13. The predicted molar refractivity (Wildman–Crippen MR) is 105 cm³/mol. The second-order valence-corrected chi connectivity index (χ2v) is 7.50. The summed E-state index contributed by atoms with van der Waals surface area (Å²) in [4.78, 5) is 28.7. The maximum Gasteiger partial charge on any atom is 0.267 e. The quantitative estimate of drug-likeness (QED) is 0.684. The van der Waals surface area contributed by atoms with Crippen LogP contribution in [0.15, 0.2) is 52.6 Å². The van der Waals surface area contributed by atoms with Gasteiger partial charge in [-0.25, -0.2) is 9.67 Å². The fourth-order valence-corrected chi connectivity index (χ4v) is 3.69. The van der Waals surface area contributed by atoms with Crippen molar-refractivity contribution < 1.29 is 4.79 Å². The maximum absolute atomic E-state index is 12.1. The van der Waals surface area contributed by atoms with Crippen LogP contribution in [0.4, 0.5) is 0 Å². The van der Waals surface area contributed by atoms with E-state index in [0.29, 0.717) is 18.9 Å². The van der Waals surface area contributed by atoms with Crippen LogP contribution in [0.1, 0.15) is 30.1 Å². The van der Waals surface area contributed by atoms with Gasteiger partial charge in [-0.3, -0.25) is 9.59 Å². The molecule has 1 N–H and O–H groups in total. The van der Waals surface area contributed by atoms with Gasteiger partial charge in [0.05, 0.1) is 11.4 Å². The fraction of sp³-hybridized carbons (Fsp3) is 0.300. The first-order valence-corrected chi connectivity index (χ1v) is 9.91.